The molecule has 0 aliphatic heterocycles. The largest absolute Gasteiger partial charge is 0.385 e. The summed E-state index contributed by atoms with van der Waals surface area (Å²) < 4.78 is 5.29. The van der Waals surface area contributed by atoms with Crippen LogP contribution in [0.15, 0.2) is 29.3 Å². The molecule has 3 N–H and O–H groups in total. The fraction of sp³-hybridized carbons (Fsp3) is 0.636. The summed E-state index contributed by atoms with van der Waals surface area (Å²) in [6.07, 6.45) is 4.88. The first-order valence-corrected chi connectivity index (χ1v) is 10.5. The third-order valence-electron chi connectivity index (χ3n) is 5.32. The van der Waals surface area contributed by atoms with Gasteiger partial charge in [0.15, 0.2) is 5.96 Å². The molecule has 1 aliphatic carbocycles. The van der Waals surface area contributed by atoms with E-state index in [9.17, 15) is 4.79 Å². The summed E-state index contributed by atoms with van der Waals surface area (Å²) in [4.78, 5) is 18.5. The Morgan fingerprint density at radius 1 is 1.28 bits per heavy atom. The van der Waals surface area contributed by atoms with Gasteiger partial charge in [-0.2, -0.15) is 0 Å². The van der Waals surface area contributed by atoms with E-state index < -0.39 is 0 Å². The van der Waals surface area contributed by atoms with Crippen LogP contribution in [0.2, 0.25) is 0 Å². The van der Waals surface area contributed by atoms with Crippen LogP contribution < -0.4 is 16.0 Å². The third-order valence-corrected chi connectivity index (χ3v) is 5.32. The summed E-state index contributed by atoms with van der Waals surface area (Å²) in [6, 6.07) is 7.86. The number of carbonyl (C=O) groups excluding carboxylic acids is 1. The molecule has 1 saturated carbocycles. The number of nitrogens with zero attached hydrogens (tertiary/aromatic N) is 2. The number of carbonyl (C=O) groups is 1. The van der Waals surface area contributed by atoms with Crippen LogP contribution in [0, 0.1) is 5.41 Å². The average Bonchev–Trinajstić information content (AvgIpc) is 2.64. The van der Waals surface area contributed by atoms with Crippen molar-refractivity contribution < 1.29 is 9.53 Å². The lowest BCUT2D eigenvalue weighted by Crippen LogP contribution is -2.46. The monoisotopic (exact) mass is 403 g/mol. The second-order valence-electron chi connectivity index (χ2n) is 8.13. The smallest absolute Gasteiger partial charge is 0.238 e. The van der Waals surface area contributed by atoms with Crippen LogP contribution in [0.25, 0.3) is 0 Å². The Balaban J connectivity index is 1.93. The van der Waals surface area contributed by atoms with Crippen molar-refractivity contribution in [1.82, 2.24) is 15.5 Å². The van der Waals surface area contributed by atoms with Gasteiger partial charge in [0.1, 0.15) is 0 Å². The van der Waals surface area contributed by atoms with Crippen molar-refractivity contribution in [3.63, 3.8) is 0 Å². The van der Waals surface area contributed by atoms with Gasteiger partial charge in [0, 0.05) is 32.5 Å². The highest BCUT2D eigenvalue weighted by molar-refractivity contribution is 5.92. The molecular weight excluding hydrogens is 366 g/mol. The maximum atomic E-state index is 12.0. The summed E-state index contributed by atoms with van der Waals surface area (Å²) in [5.74, 6) is 0.811. The predicted molar refractivity (Wildman–Crippen MR) is 119 cm³/mol. The molecule has 1 aliphatic rings. The molecule has 0 saturated heterocycles. The van der Waals surface area contributed by atoms with Crippen LogP contribution in [0.3, 0.4) is 0 Å². The molecule has 162 valence electrons. The van der Waals surface area contributed by atoms with Crippen LogP contribution in [0.5, 0.6) is 0 Å². The molecule has 1 amide bonds. The number of nitrogens with one attached hydrogen (secondary N) is 3. The Hall–Kier alpha value is -2.12. The van der Waals surface area contributed by atoms with Gasteiger partial charge in [0.25, 0.3) is 0 Å². The Labute approximate surface area is 175 Å². The minimum absolute atomic E-state index is 0.0208. The summed E-state index contributed by atoms with van der Waals surface area (Å²) in [5.41, 5.74) is 2.20. The number of anilines is 1. The van der Waals surface area contributed by atoms with E-state index in [4.69, 9.17) is 9.73 Å². The molecule has 0 aromatic heterocycles. The zero-order chi connectivity index (χ0) is 21.1. The maximum Gasteiger partial charge on any atom is 0.238 e. The number of benzene rings is 1. The minimum Gasteiger partial charge on any atom is -0.385 e. The van der Waals surface area contributed by atoms with Crippen molar-refractivity contribution in [3.8, 4) is 0 Å². The van der Waals surface area contributed by atoms with Crippen LogP contribution >= 0.6 is 0 Å². The lowest BCUT2D eigenvalue weighted by atomic mass is 9.67. The number of guanidine groups is 1. The molecule has 29 heavy (non-hydrogen) atoms. The first-order valence-electron chi connectivity index (χ1n) is 10.5. The summed E-state index contributed by atoms with van der Waals surface area (Å²) >= 11 is 0. The van der Waals surface area contributed by atoms with Crippen LogP contribution in [-0.2, 0) is 16.1 Å². The molecule has 0 radical (unpaired) electrons. The van der Waals surface area contributed by atoms with Crippen molar-refractivity contribution in [2.75, 3.05) is 52.8 Å². The van der Waals surface area contributed by atoms with Crippen LogP contribution in [0.4, 0.5) is 5.69 Å². The second kappa shape index (κ2) is 11.8. The van der Waals surface area contributed by atoms with Crippen LogP contribution in [-0.4, -0.2) is 64.2 Å². The van der Waals surface area contributed by atoms with E-state index in [1.165, 1.54) is 19.3 Å². The summed E-state index contributed by atoms with van der Waals surface area (Å²) in [6.45, 7) is 5.53. The number of hydrogen-bond acceptors (Lipinski definition) is 4. The topological polar surface area (TPSA) is 78.0 Å². The molecule has 1 aromatic rings. The zero-order valence-electron chi connectivity index (χ0n) is 18.4. The Morgan fingerprint density at radius 3 is 2.69 bits per heavy atom. The maximum absolute atomic E-state index is 12.0. The van der Waals surface area contributed by atoms with Gasteiger partial charge in [0.05, 0.1) is 13.1 Å². The van der Waals surface area contributed by atoms with E-state index in [0.717, 1.165) is 43.3 Å². The second-order valence-corrected chi connectivity index (χ2v) is 8.13. The number of likely N-dealkylation sites (N-methyl/N-ethyl adjacent to an activating group) is 1. The van der Waals surface area contributed by atoms with Crippen molar-refractivity contribution in [2.45, 2.75) is 39.2 Å². The number of rotatable bonds is 11. The first kappa shape index (κ1) is 23.2. The minimum atomic E-state index is -0.0208. The van der Waals surface area contributed by atoms with Crippen molar-refractivity contribution in [2.24, 2.45) is 10.4 Å². The quantitative estimate of drug-likeness (QED) is 0.391. The summed E-state index contributed by atoms with van der Waals surface area (Å²) in [5, 5.41) is 9.78. The number of methoxy groups -OCH3 is 1. The molecule has 2 rings (SSSR count). The molecule has 0 bridgehead atoms. The van der Waals surface area contributed by atoms with E-state index in [-0.39, 0.29) is 5.91 Å². The third kappa shape index (κ3) is 8.03. The van der Waals surface area contributed by atoms with E-state index in [1.54, 1.807) is 7.11 Å². The van der Waals surface area contributed by atoms with E-state index in [2.05, 4.69) is 22.9 Å². The Morgan fingerprint density at radius 2 is 2.07 bits per heavy atom. The van der Waals surface area contributed by atoms with Gasteiger partial charge in [0.2, 0.25) is 5.91 Å². The highest BCUT2D eigenvalue weighted by Crippen LogP contribution is 2.43. The number of aliphatic imine (C=N–C) groups is 1. The Kier molecular flexibility index (Phi) is 9.41. The van der Waals surface area contributed by atoms with Crippen LogP contribution in [0.1, 0.15) is 38.2 Å². The fourth-order valence-electron chi connectivity index (χ4n) is 3.53. The molecule has 0 unspecified atom stereocenters. The van der Waals surface area contributed by atoms with Gasteiger partial charge in [-0.25, -0.2) is 4.99 Å². The van der Waals surface area contributed by atoms with E-state index in [0.29, 0.717) is 18.5 Å². The molecule has 0 spiro atoms. The fourth-order valence-corrected chi connectivity index (χ4v) is 3.53. The van der Waals surface area contributed by atoms with Gasteiger partial charge >= 0.3 is 0 Å². The molecule has 0 atom stereocenters. The normalized spacial score (nSPS) is 15.7. The lowest BCUT2D eigenvalue weighted by molar-refractivity contribution is -0.116. The molecule has 1 fully saturated rings. The van der Waals surface area contributed by atoms with Crippen molar-refractivity contribution >= 4 is 17.6 Å². The molecule has 1 aromatic carbocycles. The van der Waals surface area contributed by atoms with Gasteiger partial charge in [-0.05, 0) is 63.4 Å². The lowest BCUT2D eigenvalue weighted by Gasteiger charge is -2.42. The zero-order valence-corrected chi connectivity index (χ0v) is 18.4. The van der Waals surface area contributed by atoms with Gasteiger partial charge < -0.3 is 25.6 Å². The molecule has 7 nitrogen and oxygen atoms in total. The highest BCUT2D eigenvalue weighted by Gasteiger charge is 2.36. The van der Waals surface area contributed by atoms with Gasteiger partial charge in [-0.1, -0.05) is 18.6 Å². The number of hydrogen-bond donors (Lipinski definition) is 3. The summed E-state index contributed by atoms with van der Waals surface area (Å²) in [7, 11) is 5.52. The van der Waals surface area contributed by atoms with Crippen molar-refractivity contribution in [1.29, 1.82) is 0 Å². The molecule has 7 heteroatoms. The molecular formula is C22H37N5O2. The van der Waals surface area contributed by atoms with E-state index in [1.807, 2.05) is 43.3 Å². The standard InChI is InChI=1S/C22H37N5O2/c1-5-23-21(25-17-22(10-7-11-22)12-13-29-4)24-15-18-8-6-9-19(14-18)26-20(28)16-27(2)3/h6,8-9,14H,5,7,10-13,15-17H2,1-4H3,(H,26,28)(H2,23,24,25). The average molecular weight is 404 g/mol. The first-order chi connectivity index (χ1) is 14.0. The number of ether oxygens (including phenoxy) is 1. The SMILES string of the molecule is CCNC(=NCc1cccc(NC(=O)CN(C)C)c1)NCC1(CCOC)CCC1. The molecule has 0 heterocycles. The van der Waals surface area contributed by atoms with Gasteiger partial charge in [-0.15, -0.1) is 0 Å². The van der Waals surface area contributed by atoms with E-state index >= 15 is 0 Å². The highest BCUT2D eigenvalue weighted by atomic mass is 16.5. The van der Waals surface area contributed by atoms with Crippen molar-refractivity contribution in [3.05, 3.63) is 29.8 Å². The van der Waals surface area contributed by atoms with Gasteiger partial charge in [-0.3, -0.25) is 4.79 Å². The predicted octanol–water partition coefficient (Wildman–Crippen LogP) is 2.45. The Bertz CT molecular complexity index is 671. The number of amides is 1.